The molecule has 0 saturated carbocycles. The van der Waals surface area contributed by atoms with Crippen LogP contribution in [0.15, 0.2) is 60.9 Å². The summed E-state index contributed by atoms with van der Waals surface area (Å²) >= 11 is 0. The second-order valence-electron chi connectivity index (χ2n) is 8.38. The van der Waals surface area contributed by atoms with Gasteiger partial charge in [0.15, 0.2) is 0 Å². The predicted molar refractivity (Wildman–Crippen MR) is 125 cm³/mol. The SMILES string of the molecule is CC(CNC(=O)Cn1cc(NC(=O)OCC2c3ccccc3-c3ccccc32)cn1)CC(=O)O. The Morgan fingerprint density at radius 3 is 2.38 bits per heavy atom. The van der Waals surface area contributed by atoms with Gasteiger partial charge in [-0.3, -0.25) is 19.6 Å². The number of carboxylic acid groups (broad SMARTS) is 1. The zero-order valence-electron chi connectivity index (χ0n) is 18.7. The van der Waals surface area contributed by atoms with Crippen molar-refractivity contribution < 1.29 is 24.2 Å². The minimum absolute atomic E-state index is 0.0176. The number of nitrogens with one attached hydrogen (secondary N) is 2. The Morgan fingerprint density at radius 2 is 1.74 bits per heavy atom. The summed E-state index contributed by atoms with van der Waals surface area (Å²) in [6, 6.07) is 16.2. The fourth-order valence-electron chi connectivity index (χ4n) is 4.13. The van der Waals surface area contributed by atoms with Gasteiger partial charge in [0.05, 0.1) is 11.9 Å². The topological polar surface area (TPSA) is 123 Å². The molecule has 9 nitrogen and oxygen atoms in total. The fraction of sp³-hybridized carbons (Fsp3) is 0.280. The molecule has 0 saturated heterocycles. The molecule has 1 aliphatic carbocycles. The first-order valence-corrected chi connectivity index (χ1v) is 11.0. The standard InChI is InChI=1S/C25H26N4O5/c1-16(10-24(31)32)11-26-23(30)14-29-13-17(12-27-29)28-25(33)34-15-22-20-8-4-2-6-18(20)19-7-3-5-9-21(19)22/h2-9,12-13,16,22H,10-11,14-15H2,1H3,(H,26,30)(H,28,33)(H,31,32). The van der Waals surface area contributed by atoms with Gasteiger partial charge in [-0.25, -0.2) is 4.79 Å². The number of hydrogen-bond donors (Lipinski definition) is 3. The molecule has 1 heterocycles. The average molecular weight is 463 g/mol. The van der Waals surface area contributed by atoms with E-state index in [-0.39, 0.29) is 43.9 Å². The Balaban J connectivity index is 1.28. The number of carbonyl (C=O) groups is 3. The molecule has 1 aromatic heterocycles. The van der Waals surface area contributed by atoms with E-state index in [9.17, 15) is 14.4 Å². The molecule has 3 N–H and O–H groups in total. The number of aliphatic carboxylic acids is 1. The van der Waals surface area contributed by atoms with Gasteiger partial charge >= 0.3 is 12.1 Å². The summed E-state index contributed by atoms with van der Waals surface area (Å²) in [6.07, 6.45) is 2.34. The van der Waals surface area contributed by atoms with Crippen LogP contribution in [0.4, 0.5) is 10.5 Å². The summed E-state index contributed by atoms with van der Waals surface area (Å²) in [7, 11) is 0. The third-order valence-corrected chi connectivity index (χ3v) is 5.70. The number of carbonyl (C=O) groups excluding carboxylic acids is 2. The smallest absolute Gasteiger partial charge is 0.411 e. The second-order valence-corrected chi connectivity index (χ2v) is 8.38. The highest BCUT2D eigenvalue weighted by atomic mass is 16.5. The second kappa shape index (κ2) is 10.2. The summed E-state index contributed by atoms with van der Waals surface area (Å²) in [6.45, 7) is 2.16. The lowest BCUT2D eigenvalue weighted by Gasteiger charge is -2.14. The van der Waals surface area contributed by atoms with Crippen LogP contribution in [-0.2, 0) is 20.9 Å². The molecule has 4 rings (SSSR count). The monoisotopic (exact) mass is 462 g/mol. The number of ether oxygens (including phenoxy) is 1. The maximum Gasteiger partial charge on any atom is 0.411 e. The predicted octanol–water partition coefficient (Wildman–Crippen LogP) is 3.47. The lowest BCUT2D eigenvalue weighted by Crippen LogP contribution is -2.32. The van der Waals surface area contributed by atoms with Crippen molar-refractivity contribution in [1.82, 2.24) is 15.1 Å². The summed E-state index contributed by atoms with van der Waals surface area (Å²) < 4.78 is 6.90. The van der Waals surface area contributed by atoms with Crippen LogP contribution in [0.1, 0.15) is 30.4 Å². The van der Waals surface area contributed by atoms with Crippen molar-refractivity contribution in [1.29, 1.82) is 0 Å². The van der Waals surface area contributed by atoms with Crippen LogP contribution in [0, 0.1) is 5.92 Å². The molecule has 34 heavy (non-hydrogen) atoms. The van der Waals surface area contributed by atoms with Gasteiger partial charge in [-0.05, 0) is 28.2 Å². The van der Waals surface area contributed by atoms with Gasteiger partial charge in [-0.2, -0.15) is 5.10 Å². The summed E-state index contributed by atoms with van der Waals surface area (Å²) in [5, 5.41) is 18.2. The van der Waals surface area contributed by atoms with E-state index in [2.05, 4.69) is 40.0 Å². The summed E-state index contributed by atoms with van der Waals surface area (Å²) in [5.41, 5.74) is 4.98. The Labute approximate surface area is 196 Å². The largest absolute Gasteiger partial charge is 0.481 e. The van der Waals surface area contributed by atoms with Gasteiger partial charge in [0.25, 0.3) is 0 Å². The molecule has 176 valence electrons. The van der Waals surface area contributed by atoms with E-state index in [4.69, 9.17) is 9.84 Å². The van der Waals surface area contributed by atoms with Crippen LogP contribution in [0.3, 0.4) is 0 Å². The number of nitrogens with zero attached hydrogens (tertiary/aromatic N) is 2. The minimum Gasteiger partial charge on any atom is -0.481 e. The lowest BCUT2D eigenvalue weighted by atomic mass is 9.98. The zero-order chi connectivity index (χ0) is 24.1. The van der Waals surface area contributed by atoms with Crippen LogP contribution in [-0.4, -0.2) is 46.0 Å². The van der Waals surface area contributed by atoms with Crippen LogP contribution < -0.4 is 10.6 Å². The first kappa shape index (κ1) is 23.0. The quantitative estimate of drug-likeness (QED) is 0.448. The zero-order valence-corrected chi connectivity index (χ0v) is 18.7. The van der Waals surface area contributed by atoms with Crippen LogP contribution >= 0.6 is 0 Å². The van der Waals surface area contributed by atoms with E-state index in [1.54, 1.807) is 6.92 Å². The molecule has 0 spiro atoms. The van der Waals surface area contributed by atoms with E-state index in [1.807, 2.05) is 24.3 Å². The van der Waals surface area contributed by atoms with E-state index < -0.39 is 12.1 Å². The molecule has 1 unspecified atom stereocenters. The first-order chi connectivity index (χ1) is 16.4. The third-order valence-electron chi connectivity index (χ3n) is 5.70. The fourth-order valence-corrected chi connectivity index (χ4v) is 4.13. The summed E-state index contributed by atoms with van der Waals surface area (Å²) in [5.74, 6) is -1.41. The molecule has 0 aliphatic heterocycles. The Hall–Kier alpha value is -4.14. The minimum atomic E-state index is -0.905. The highest BCUT2D eigenvalue weighted by Gasteiger charge is 2.29. The number of hydrogen-bond acceptors (Lipinski definition) is 5. The molecule has 0 bridgehead atoms. The van der Waals surface area contributed by atoms with Gasteiger partial charge in [-0.15, -0.1) is 0 Å². The van der Waals surface area contributed by atoms with E-state index in [1.165, 1.54) is 17.1 Å². The van der Waals surface area contributed by atoms with Gasteiger partial charge in [-0.1, -0.05) is 55.5 Å². The molecule has 1 aliphatic rings. The number of fused-ring (bicyclic) bond motifs is 3. The van der Waals surface area contributed by atoms with E-state index in [0.29, 0.717) is 5.69 Å². The Morgan fingerprint density at radius 1 is 1.09 bits per heavy atom. The molecular formula is C25H26N4O5. The van der Waals surface area contributed by atoms with Gasteiger partial charge in [0, 0.05) is 25.1 Å². The maximum absolute atomic E-state index is 12.4. The molecule has 3 aromatic rings. The van der Waals surface area contributed by atoms with Crippen molar-refractivity contribution in [3.8, 4) is 11.1 Å². The number of carboxylic acids is 1. The molecule has 2 amide bonds. The lowest BCUT2D eigenvalue weighted by molar-refractivity contribution is -0.138. The number of benzene rings is 2. The van der Waals surface area contributed by atoms with Crippen molar-refractivity contribution in [2.75, 3.05) is 18.5 Å². The van der Waals surface area contributed by atoms with Gasteiger partial charge in [0.2, 0.25) is 5.91 Å². The summed E-state index contributed by atoms with van der Waals surface area (Å²) in [4.78, 5) is 35.1. The molecule has 0 fully saturated rings. The van der Waals surface area contributed by atoms with Crippen molar-refractivity contribution in [3.63, 3.8) is 0 Å². The Kier molecular flexibility index (Phi) is 6.91. The van der Waals surface area contributed by atoms with Crippen LogP contribution in [0.2, 0.25) is 0 Å². The molecule has 0 radical (unpaired) electrons. The van der Waals surface area contributed by atoms with Crippen molar-refractivity contribution >= 4 is 23.7 Å². The maximum atomic E-state index is 12.4. The molecule has 9 heteroatoms. The highest BCUT2D eigenvalue weighted by molar-refractivity contribution is 5.85. The van der Waals surface area contributed by atoms with Crippen molar-refractivity contribution in [3.05, 3.63) is 72.1 Å². The normalized spacial score (nSPS) is 13.0. The van der Waals surface area contributed by atoms with Gasteiger partial charge < -0.3 is 15.2 Å². The third kappa shape index (κ3) is 5.43. The van der Waals surface area contributed by atoms with Gasteiger partial charge in [0.1, 0.15) is 13.2 Å². The molecule has 2 aromatic carbocycles. The van der Waals surface area contributed by atoms with E-state index >= 15 is 0 Å². The number of aromatic nitrogens is 2. The number of amides is 2. The molecule has 1 atom stereocenters. The Bertz CT molecular complexity index is 1160. The van der Waals surface area contributed by atoms with Crippen LogP contribution in [0.5, 0.6) is 0 Å². The number of anilines is 1. The van der Waals surface area contributed by atoms with Crippen molar-refractivity contribution in [2.45, 2.75) is 25.8 Å². The van der Waals surface area contributed by atoms with Crippen molar-refractivity contribution in [2.24, 2.45) is 5.92 Å². The molecular weight excluding hydrogens is 436 g/mol. The average Bonchev–Trinajstić information content (AvgIpc) is 3.37. The first-order valence-electron chi connectivity index (χ1n) is 11.0. The number of rotatable bonds is 9. The van der Waals surface area contributed by atoms with Crippen LogP contribution in [0.25, 0.3) is 11.1 Å². The highest BCUT2D eigenvalue weighted by Crippen LogP contribution is 2.44. The van der Waals surface area contributed by atoms with E-state index in [0.717, 1.165) is 22.3 Å².